The molecule has 1 amide bonds. The molecule has 0 spiro atoms. The molecule has 0 aliphatic carbocycles. The Hall–Kier alpha value is -2.66. The summed E-state index contributed by atoms with van der Waals surface area (Å²) in [5, 5.41) is 3.06. The Labute approximate surface area is 253 Å². The molecule has 0 saturated carbocycles. The van der Waals surface area contributed by atoms with E-state index in [2.05, 4.69) is 74.4 Å². The van der Waals surface area contributed by atoms with Gasteiger partial charge in [0.05, 0.1) is 11.5 Å². The average Bonchev–Trinajstić information content (AvgIpc) is 3.35. The lowest BCUT2D eigenvalue weighted by Crippen LogP contribution is -2.30. The van der Waals surface area contributed by atoms with E-state index in [1.54, 1.807) is 11.3 Å². The number of nitrogens with one attached hydrogen (secondary N) is 1. The smallest absolute Gasteiger partial charge is 0.255 e. The van der Waals surface area contributed by atoms with Crippen LogP contribution in [-0.4, -0.2) is 12.5 Å². The Bertz CT molecular complexity index is 1180. The van der Waals surface area contributed by atoms with Gasteiger partial charge in [0.2, 0.25) is 5.51 Å². The van der Waals surface area contributed by atoms with Gasteiger partial charge in [-0.3, -0.25) is 4.79 Å². The molecule has 3 rings (SSSR count). The summed E-state index contributed by atoms with van der Waals surface area (Å²) >= 11 is 1.75. The Balaban J connectivity index is 1.45. The van der Waals surface area contributed by atoms with Crippen LogP contribution in [0.25, 0.3) is 0 Å². The third-order valence-electron chi connectivity index (χ3n) is 7.61. The van der Waals surface area contributed by atoms with Crippen LogP contribution in [0.2, 0.25) is 0 Å². The minimum atomic E-state index is -0.115. The van der Waals surface area contributed by atoms with E-state index in [9.17, 15) is 4.79 Å². The molecule has 0 radical (unpaired) electrons. The first-order chi connectivity index (χ1) is 19.8. The van der Waals surface area contributed by atoms with Gasteiger partial charge in [-0.15, -0.1) is 0 Å². The highest BCUT2D eigenvalue weighted by Gasteiger charge is 2.21. The van der Waals surface area contributed by atoms with Crippen LogP contribution in [0.4, 0.5) is 5.69 Å². The van der Waals surface area contributed by atoms with E-state index in [-0.39, 0.29) is 11.3 Å². The molecule has 1 N–H and O–H groups in total. The number of amides is 1. The van der Waals surface area contributed by atoms with Gasteiger partial charge in [0.1, 0.15) is 5.75 Å². The molecule has 5 heteroatoms. The highest BCUT2D eigenvalue weighted by atomic mass is 32.1. The molecule has 4 nitrogen and oxygen atoms in total. The second kappa shape index (κ2) is 17.3. The van der Waals surface area contributed by atoms with E-state index in [1.165, 1.54) is 81.1 Å². The van der Waals surface area contributed by atoms with Gasteiger partial charge < -0.3 is 10.1 Å². The van der Waals surface area contributed by atoms with Crippen LogP contribution in [0.5, 0.6) is 5.75 Å². The monoisotopic (exact) mass is 577 g/mol. The molecule has 0 saturated heterocycles. The summed E-state index contributed by atoms with van der Waals surface area (Å²) in [5.41, 5.74) is 5.83. The van der Waals surface area contributed by atoms with Gasteiger partial charge in [-0.2, -0.15) is 4.57 Å². The van der Waals surface area contributed by atoms with Crippen molar-refractivity contribution in [2.24, 2.45) is 0 Å². The molecule has 2 aromatic carbocycles. The third kappa shape index (κ3) is 12.0. The quantitative estimate of drug-likeness (QED) is 0.121. The molecule has 3 aromatic rings. The molecule has 0 aliphatic rings. The van der Waals surface area contributed by atoms with Crippen molar-refractivity contribution in [1.29, 1.82) is 0 Å². The predicted molar refractivity (Wildman–Crippen MR) is 174 cm³/mol. The van der Waals surface area contributed by atoms with Crippen molar-refractivity contribution in [1.82, 2.24) is 0 Å². The van der Waals surface area contributed by atoms with E-state index in [0.717, 1.165) is 30.0 Å². The number of carbonyl (C=O) groups is 1. The van der Waals surface area contributed by atoms with Crippen LogP contribution >= 0.6 is 11.3 Å². The molecule has 224 valence electrons. The van der Waals surface area contributed by atoms with Gasteiger partial charge in [0, 0.05) is 16.8 Å². The summed E-state index contributed by atoms with van der Waals surface area (Å²) in [6.45, 7) is 12.5. The number of ether oxygens (including phenoxy) is 1. The van der Waals surface area contributed by atoms with E-state index in [0.29, 0.717) is 12.2 Å². The number of benzene rings is 2. The lowest BCUT2D eigenvalue weighted by molar-refractivity contribution is -0.683. The summed E-state index contributed by atoms with van der Waals surface area (Å²) < 4.78 is 8.47. The molecule has 0 atom stereocenters. The number of thiazole rings is 1. The fraction of sp³-hybridized carbons (Fsp3) is 0.556. The van der Waals surface area contributed by atoms with Crippen molar-refractivity contribution in [3.05, 3.63) is 75.7 Å². The molecular weight excluding hydrogens is 524 g/mol. The second-order valence-corrected chi connectivity index (χ2v) is 13.6. The fourth-order valence-electron chi connectivity index (χ4n) is 5.16. The van der Waals surface area contributed by atoms with E-state index in [1.807, 2.05) is 24.3 Å². The summed E-state index contributed by atoms with van der Waals surface area (Å²) in [7, 11) is 0. The normalized spacial score (nSPS) is 11.5. The zero-order valence-electron chi connectivity index (χ0n) is 26.3. The van der Waals surface area contributed by atoms with Crippen LogP contribution in [0.1, 0.15) is 131 Å². The molecule has 1 aromatic heterocycles. The maximum Gasteiger partial charge on any atom is 0.255 e. The van der Waals surface area contributed by atoms with Crippen LogP contribution in [0.15, 0.2) is 54.2 Å². The molecule has 0 aliphatic heterocycles. The largest absolute Gasteiger partial charge is 0.493 e. The SMILES string of the molecule is CCCCCCCCCCCCCCOc1cc(C(=O)Nc2ccc(C[n+]3csc(C)c3)cc2)ccc1C(C)(C)C. The number of hydrogen-bond acceptors (Lipinski definition) is 3. The molecule has 0 fully saturated rings. The second-order valence-electron chi connectivity index (χ2n) is 12.5. The van der Waals surface area contributed by atoms with Gasteiger partial charge >= 0.3 is 0 Å². The highest BCUT2D eigenvalue weighted by Crippen LogP contribution is 2.32. The predicted octanol–water partition coefficient (Wildman–Crippen LogP) is 10.0. The minimum Gasteiger partial charge on any atom is -0.493 e. The highest BCUT2D eigenvalue weighted by molar-refractivity contribution is 7.09. The first-order valence-electron chi connectivity index (χ1n) is 15.9. The van der Waals surface area contributed by atoms with Crippen molar-refractivity contribution in [2.45, 2.75) is 124 Å². The maximum absolute atomic E-state index is 13.1. The van der Waals surface area contributed by atoms with Crippen LogP contribution in [-0.2, 0) is 12.0 Å². The molecule has 41 heavy (non-hydrogen) atoms. The number of hydrogen-bond donors (Lipinski definition) is 1. The van der Waals surface area contributed by atoms with E-state index in [4.69, 9.17) is 4.74 Å². The van der Waals surface area contributed by atoms with Gasteiger partial charge in [0.15, 0.2) is 12.7 Å². The van der Waals surface area contributed by atoms with Crippen LogP contribution in [0.3, 0.4) is 0 Å². The van der Waals surface area contributed by atoms with Gasteiger partial charge in [0.25, 0.3) is 5.91 Å². The number of rotatable bonds is 18. The van der Waals surface area contributed by atoms with E-state index < -0.39 is 0 Å². The lowest BCUT2D eigenvalue weighted by atomic mass is 9.85. The van der Waals surface area contributed by atoms with Gasteiger partial charge in [-0.05, 0) is 48.6 Å². The topological polar surface area (TPSA) is 42.2 Å². The number of unbranched alkanes of at least 4 members (excludes halogenated alkanes) is 11. The van der Waals surface area contributed by atoms with Crippen molar-refractivity contribution in [2.75, 3.05) is 11.9 Å². The summed E-state index contributed by atoms with van der Waals surface area (Å²) in [6.07, 6.45) is 18.1. The molecule has 0 unspecified atom stereocenters. The first-order valence-corrected chi connectivity index (χ1v) is 16.8. The average molecular weight is 578 g/mol. The zero-order chi connectivity index (χ0) is 29.5. The van der Waals surface area contributed by atoms with Crippen molar-refractivity contribution < 1.29 is 14.1 Å². The Morgan fingerprint density at radius 1 is 0.854 bits per heavy atom. The Morgan fingerprint density at radius 2 is 1.46 bits per heavy atom. The van der Waals surface area contributed by atoms with E-state index >= 15 is 0 Å². The summed E-state index contributed by atoms with van der Waals surface area (Å²) in [5.74, 6) is 0.711. The fourth-order valence-corrected chi connectivity index (χ4v) is 5.80. The van der Waals surface area contributed by atoms with Crippen molar-refractivity contribution in [3.8, 4) is 5.75 Å². The summed E-state index contributed by atoms with van der Waals surface area (Å²) in [6, 6.07) is 14.0. The van der Waals surface area contributed by atoms with Crippen LogP contribution in [0, 0.1) is 6.92 Å². The number of anilines is 1. The maximum atomic E-state index is 13.1. The Kier molecular flexibility index (Phi) is 13.9. The zero-order valence-corrected chi connectivity index (χ0v) is 27.1. The van der Waals surface area contributed by atoms with Crippen molar-refractivity contribution in [3.63, 3.8) is 0 Å². The lowest BCUT2D eigenvalue weighted by Gasteiger charge is -2.23. The third-order valence-corrected chi connectivity index (χ3v) is 8.46. The van der Waals surface area contributed by atoms with Gasteiger partial charge in [-0.25, -0.2) is 0 Å². The number of aryl methyl sites for hydroxylation is 1. The van der Waals surface area contributed by atoms with Gasteiger partial charge in [-0.1, -0.05) is 128 Å². The number of nitrogens with zero attached hydrogens (tertiary/aromatic N) is 1. The standard InChI is InChI=1S/C36H52N2O2S/c1-6-7-8-9-10-11-12-13-14-15-16-17-24-40-34-25-31(20-23-33(34)36(3,4)5)35(39)37-32-21-18-30(19-22-32)27-38-26-29(2)41-28-38/h18-23,25-26,28H,6-17,24,27H2,1-5H3/p+1. The van der Waals surface area contributed by atoms with Crippen molar-refractivity contribution >= 4 is 22.9 Å². The Morgan fingerprint density at radius 3 is 2.02 bits per heavy atom. The minimum absolute atomic E-state index is 0.0598. The number of carbonyl (C=O) groups excluding carboxylic acids is 1. The number of aromatic nitrogens is 1. The molecule has 0 bridgehead atoms. The summed E-state index contributed by atoms with van der Waals surface area (Å²) in [4.78, 5) is 14.4. The van der Waals surface area contributed by atoms with Crippen LogP contribution < -0.4 is 14.6 Å². The molecular formula is C36H53N2O2S+. The molecule has 1 heterocycles. The first kappa shape index (κ1) is 32.8.